The number of hydrogen-bond acceptors (Lipinski definition) is 8. The Balaban J connectivity index is 4.00. The van der Waals surface area contributed by atoms with E-state index in [9.17, 15) is 34.1 Å². The van der Waals surface area contributed by atoms with Crippen molar-refractivity contribution < 1.29 is 47.8 Å². The number of phosphoric ester groups is 1. The van der Waals surface area contributed by atoms with E-state index >= 15 is 0 Å². The van der Waals surface area contributed by atoms with Crippen molar-refractivity contribution in [3.8, 4) is 0 Å². The van der Waals surface area contributed by atoms with Gasteiger partial charge in [-0.15, -0.1) is 0 Å². The molecule has 0 aromatic heterocycles. The Morgan fingerprint density at radius 1 is 0.647 bits per heavy atom. The number of nitrogens with one attached hydrogen (secondary N) is 1. The summed E-state index contributed by atoms with van der Waals surface area (Å²) >= 11 is 0. The van der Waals surface area contributed by atoms with E-state index in [0.717, 1.165) is 96.3 Å². The molecule has 0 bridgehead atoms. The van der Waals surface area contributed by atoms with Gasteiger partial charge in [-0.05, 0) is 57.8 Å². The number of aliphatic hydroxyl groups is 1. The maximum Gasteiger partial charge on any atom is 0.472 e. The number of ether oxygens (including phenoxy) is 1. The normalized spacial score (nSPS) is 14.6. The van der Waals surface area contributed by atoms with Gasteiger partial charge in [0.2, 0.25) is 5.91 Å². The summed E-state index contributed by atoms with van der Waals surface area (Å²) in [6, 6.07) is -1.56. The zero-order valence-electron chi connectivity index (χ0n) is 31.1. The Morgan fingerprint density at radius 2 is 1.14 bits per heavy atom. The first-order valence-electron chi connectivity index (χ1n) is 18.8. The second-order valence-corrected chi connectivity index (χ2v) is 13.8. The molecule has 0 aromatic carbocycles. The van der Waals surface area contributed by atoms with Gasteiger partial charge in [0.05, 0.1) is 13.2 Å². The van der Waals surface area contributed by atoms with Crippen LogP contribution >= 0.6 is 7.82 Å². The van der Waals surface area contributed by atoms with Crippen LogP contribution in [0, 0.1) is 0 Å². The third kappa shape index (κ3) is 34.1. The minimum atomic E-state index is -4.75. The number of carbonyl (C=O) groups is 3. The molecule has 292 valence electrons. The zero-order valence-corrected chi connectivity index (χ0v) is 32.0. The quantitative estimate of drug-likeness (QED) is 0.0217. The van der Waals surface area contributed by atoms with Crippen molar-refractivity contribution in [2.24, 2.45) is 0 Å². The van der Waals surface area contributed by atoms with E-state index in [0.29, 0.717) is 12.8 Å². The Bertz CT molecular complexity index is 1100. The topological polar surface area (TPSA) is 169 Å². The molecule has 0 fully saturated rings. The van der Waals surface area contributed by atoms with Crippen molar-refractivity contribution in [2.45, 2.75) is 148 Å². The van der Waals surface area contributed by atoms with E-state index in [1.165, 1.54) is 0 Å². The summed E-state index contributed by atoms with van der Waals surface area (Å²) in [4.78, 5) is 45.5. The van der Waals surface area contributed by atoms with E-state index in [1.54, 1.807) is 0 Å². The molecule has 3 atom stereocenters. The first kappa shape index (κ1) is 48.2. The van der Waals surface area contributed by atoms with Gasteiger partial charge in [0, 0.05) is 12.8 Å². The first-order valence-corrected chi connectivity index (χ1v) is 20.3. The van der Waals surface area contributed by atoms with Gasteiger partial charge in [-0.3, -0.25) is 18.6 Å². The molecule has 12 heteroatoms. The molecule has 4 N–H and O–H groups in total. The van der Waals surface area contributed by atoms with E-state index in [-0.39, 0.29) is 12.8 Å². The molecule has 0 heterocycles. The third-order valence-corrected chi connectivity index (χ3v) is 8.52. The van der Waals surface area contributed by atoms with Gasteiger partial charge >= 0.3 is 19.8 Å². The maximum absolute atomic E-state index is 12.3. The van der Waals surface area contributed by atoms with Gasteiger partial charge in [0.1, 0.15) is 12.7 Å². The Labute approximate surface area is 306 Å². The molecule has 0 radical (unpaired) electrons. The molecular weight excluding hydrogens is 673 g/mol. The van der Waals surface area contributed by atoms with Crippen LogP contribution in [0.1, 0.15) is 136 Å². The van der Waals surface area contributed by atoms with Crippen LogP contribution in [-0.2, 0) is 32.7 Å². The van der Waals surface area contributed by atoms with Crippen LogP contribution in [-0.4, -0.2) is 64.9 Å². The minimum Gasteiger partial charge on any atom is -0.480 e. The summed E-state index contributed by atoms with van der Waals surface area (Å²) in [7, 11) is -4.75. The van der Waals surface area contributed by atoms with Crippen LogP contribution in [0.5, 0.6) is 0 Å². The molecule has 0 aliphatic carbocycles. The molecule has 11 nitrogen and oxygen atoms in total. The van der Waals surface area contributed by atoms with Gasteiger partial charge in [-0.2, -0.15) is 0 Å². The molecule has 0 aromatic rings. The molecule has 0 saturated carbocycles. The predicted molar refractivity (Wildman–Crippen MR) is 203 cm³/mol. The van der Waals surface area contributed by atoms with Crippen molar-refractivity contribution >= 4 is 25.7 Å². The molecule has 3 unspecified atom stereocenters. The number of phosphoric acid groups is 1. The van der Waals surface area contributed by atoms with Crippen LogP contribution in [0.25, 0.3) is 0 Å². The number of esters is 1. The predicted octanol–water partition coefficient (Wildman–Crippen LogP) is 8.83. The fourth-order valence-corrected chi connectivity index (χ4v) is 5.41. The van der Waals surface area contributed by atoms with Crippen molar-refractivity contribution in [1.82, 2.24) is 5.32 Å². The zero-order chi connectivity index (χ0) is 37.8. The molecule has 1 amide bonds. The number of carbonyl (C=O) groups excluding carboxylic acids is 2. The van der Waals surface area contributed by atoms with Crippen LogP contribution in [0.15, 0.2) is 60.8 Å². The lowest BCUT2D eigenvalue weighted by Crippen LogP contribution is -2.43. The molecule has 0 spiro atoms. The highest BCUT2D eigenvalue weighted by atomic mass is 31.2. The number of allylic oxidation sites excluding steroid dienone is 10. The van der Waals surface area contributed by atoms with E-state index in [2.05, 4.69) is 79.9 Å². The van der Waals surface area contributed by atoms with E-state index < -0.39 is 57.6 Å². The Kier molecular flexibility index (Phi) is 32.4. The van der Waals surface area contributed by atoms with Gasteiger partial charge < -0.3 is 25.2 Å². The number of carboxylic acids is 1. The highest BCUT2D eigenvalue weighted by Gasteiger charge is 2.28. The number of unbranched alkanes of at least 4 members (excludes halogenated alkanes) is 10. The fourth-order valence-electron chi connectivity index (χ4n) is 4.63. The smallest absolute Gasteiger partial charge is 0.472 e. The fraction of sp³-hybridized carbons (Fsp3) is 0.667. The number of rotatable bonds is 34. The lowest BCUT2D eigenvalue weighted by atomic mass is 10.1. The Morgan fingerprint density at radius 3 is 1.71 bits per heavy atom. The van der Waals surface area contributed by atoms with E-state index in [4.69, 9.17) is 13.8 Å². The Hall–Kier alpha value is -2.82. The van der Waals surface area contributed by atoms with Crippen molar-refractivity contribution in [3.05, 3.63) is 60.8 Å². The van der Waals surface area contributed by atoms with Crippen LogP contribution in [0.2, 0.25) is 0 Å². The van der Waals surface area contributed by atoms with Crippen molar-refractivity contribution in [2.75, 3.05) is 19.8 Å². The highest BCUT2D eigenvalue weighted by Crippen LogP contribution is 2.43. The SMILES string of the molecule is CC/C=C\C/C=C\C/C=C\C/C=C\C/C=C\CCCCCCCC(=O)NC(COP(=O)(O)OCC(O)COC(=O)CCCCCCCC)C(=O)O. The van der Waals surface area contributed by atoms with Crippen LogP contribution in [0.4, 0.5) is 0 Å². The molecule has 0 aliphatic rings. The maximum atomic E-state index is 12.3. The largest absolute Gasteiger partial charge is 0.480 e. The average Bonchev–Trinajstić information content (AvgIpc) is 3.10. The molecule has 0 rings (SSSR count). The molecule has 0 aliphatic heterocycles. The summed E-state index contributed by atoms with van der Waals surface area (Å²) in [6.07, 6.45) is 37.2. The summed E-state index contributed by atoms with van der Waals surface area (Å²) in [5, 5.41) is 21.6. The monoisotopic (exact) mass is 739 g/mol. The van der Waals surface area contributed by atoms with Gasteiger partial charge in [0.15, 0.2) is 6.04 Å². The van der Waals surface area contributed by atoms with Gasteiger partial charge in [0.25, 0.3) is 0 Å². The van der Waals surface area contributed by atoms with Crippen LogP contribution in [0.3, 0.4) is 0 Å². The average molecular weight is 740 g/mol. The van der Waals surface area contributed by atoms with Crippen molar-refractivity contribution in [3.63, 3.8) is 0 Å². The molecular formula is C39H66NO10P. The standard InChI is InChI=1S/C39H66NO10P/c1-3-5-7-9-11-12-13-14-15-16-17-18-19-20-21-22-23-24-25-26-28-30-37(42)40-36(39(44)45)34-50-51(46,47)49-33-35(41)32-48-38(43)31-29-27-10-8-6-4-2/h5,7,11-12,14-15,17-18,20-21,35-36,41H,3-4,6,8-10,13,16,19,22-34H2,1-2H3,(H,40,42)(H,44,45)(H,46,47)/b7-5-,12-11-,15-14-,18-17-,21-20-. The molecule has 51 heavy (non-hydrogen) atoms. The lowest BCUT2D eigenvalue weighted by molar-refractivity contribution is -0.147. The number of amides is 1. The van der Waals surface area contributed by atoms with Crippen LogP contribution < -0.4 is 5.32 Å². The summed E-state index contributed by atoms with van der Waals surface area (Å²) < 4.78 is 26.6. The highest BCUT2D eigenvalue weighted by molar-refractivity contribution is 7.47. The lowest BCUT2D eigenvalue weighted by Gasteiger charge is -2.18. The first-order chi connectivity index (χ1) is 24.6. The second kappa shape index (κ2) is 34.3. The number of hydrogen-bond donors (Lipinski definition) is 4. The molecule has 0 saturated heterocycles. The number of aliphatic carboxylic acids is 1. The number of carboxylic acid groups (broad SMARTS) is 1. The third-order valence-electron chi connectivity index (χ3n) is 7.57. The minimum absolute atomic E-state index is 0.121. The van der Waals surface area contributed by atoms with Gasteiger partial charge in [-0.1, -0.05) is 126 Å². The second-order valence-electron chi connectivity index (χ2n) is 12.4. The summed E-state index contributed by atoms with van der Waals surface area (Å²) in [6.45, 7) is 2.35. The summed E-state index contributed by atoms with van der Waals surface area (Å²) in [5.74, 6) is -2.42. The number of aliphatic hydroxyl groups excluding tert-OH is 1. The summed E-state index contributed by atoms with van der Waals surface area (Å²) in [5.41, 5.74) is 0. The van der Waals surface area contributed by atoms with E-state index in [1.807, 2.05) is 0 Å². The van der Waals surface area contributed by atoms with Crippen molar-refractivity contribution in [1.29, 1.82) is 0 Å². The van der Waals surface area contributed by atoms with Gasteiger partial charge in [-0.25, -0.2) is 9.36 Å².